The summed E-state index contributed by atoms with van der Waals surface area (Å²) in [5.74, 6) is 0.286. The van der Waals surface area contributed by atoms with Gasteiger partial charge in [-0.3, -0.25) is 37.3 Å². The lowest BCUT2D eigenvalue weighted by molar-refractivity contribution is -0.161. The Morgan fingerprint density at radius 3 is 0.824 bits per heavy atom. The lowest BCUT2D eigenvalue weighted by Gasteiger charge is -2.21. The van der Waals surface area contributed by atoms with Gasteiger partial charge in [0.25, 0.3) is 0 Å². The van der Waals surface area contributed by atoms with Gasteiger partial charge in [0.2, 0.25) is 0 Å². The predicted octanol–water partition coefficient (Wildman–Crippen LogP) is 26.8. The molecule has 638 valence electrons. The highest BCUT2D eigenvalue weighted by molar-refractivity contribution is 7.47. The average molecular weight is 1570 g/mol. The molecule has 0 heterocycles. The Balaban J connectivity index is 5.21. The largest absolute Gasteiger partial charge is 0.472 e. The molecule has 0 radical (unpaired) electrons. The molecule has 0 saturated carbocycles. The SMILES string of the molecule is CCCCCC/C=C\C=C/CCCCCCCC(=O)O[C@H](COC(=O)CCCCCCCCCCCCCCCCCCCCC(C)CC)COP(=O)(O)OC[C@@H](O)COP(=O)(O)OC[C@@H](COC(=O)CCCCCCCCC(C)CC)OC(=O)CCCCCCCCCCCCCCCCCCCCC(C)C. The topological polar surface area (TPSA) is 237 Å². The van der Waals surface area contributed by atoms with Crippen LogP contribution in [0.5, 0.6) is 0 Å². The quantitative estimate of drug-likeness (QED) is 0.0169. The van der Waals surface area contributed by atoms with Crippen molar-refractivity contribution in [3.8, 4) is 0 Å². The molecule has 0 aromatic carbocycles. The molecule has 108 heavy (non-hydrogen) atoms. The van der Waals surface area contributed by atoms with E-state index in [1.165, 1.54) is 238 Å². The number of hydrogen-bond donors (Lipinski definition) is 3. The number of aliphatic hydroxyl groups excluding tert-OH is 1. The normalized spacial score (nSPS) is 14.5. The molecule has 3 N–H and O–H groups in total. The van der Waals surface area contributed by atoms with Crippen molar-refractivity contribution in [3.05, 3.63) is 24.3 Å². The van der Waals surface area contributed by atoms with Crippen LogP contribution in [0, 0.1) is 17.8 Å². The molecule has 0 fully saturated rings. The zero-order valence-electron chi connectivity index (χ0n) is 70.8. The number of unbranched alkanes of at least 4 members (excludes halogenated alkanes) is 48. The van der Waals surface area contributed by atoms with Crippen molar-refractivity contribution in [2.24, 2.45) is 17.8 Å². The van der Waals surface area contributed by atoms with Crippen LogP contribution < -0.4 is 0 Å². The van der Waals surface area contributed by atoms with E-state index in [-0.39, 0.29) is 25.7 Å². The Morgan fingerprint density at radius 1 is 0.306 bits per heavy atom. The molecule has 0 amide bonds. The number of carbonyl (C=O) groups excluding carboxylic acids is 4. The van der Waals surface area contributed by atoms with Gasteiger partial charge in [0.15, 0.2) is 12.2 Å². The Labute approximate surface area is 663 Å². The fraction of sp³-hybridized carbons (Fsp3) is 0.910. The van der Waals surface area contributed by atoms with Gasteiger partial charge >= 0.3 is 39.5 Å². The fourth-order valence-corrected chi connectivity index (χ4v) is 14.9. The number of carbonyl (C=O) groups is 4. The molecular formula is C89H170O17P2. The molecule has 0 rings (SSSR count). The molecular weight excluding hydrogens is 1400 g/mol. The first-order valence-electron chi connectivity index (χ1n) is 45.2. The van der Waals surface area contributed by atoms with Gasteiger partial charge in [-0.1, -0.05) is 394 Å². The summed E-state index contributed by atoms with van der Waals surface area (Å²) in [4.78, 5) is 73.2. The molecule has 0 aromatic heterocycles. The van der Waals surface area contributed by atoms with E-state index in [4.69, 9.17) is 37.0 Å². The molecule has 0 aromatic rings. The van der Waals surface area contributed by atoms with E-state index in [2.05, 4.69) is 72.8 Å². The lowest BCUT2D eigenvalue weighted by Crippen LogP contribution is -2.30. The summed E-state index contributed by atoms with van der Waals surface area (Å²) >= 11 is 0. The first kappa shape index (κ1) is 106. The third-order valence-electron chi connectivity index (χ3n) is 21.0. The lowest BCUT2D eigenvalue weighted by atomic mass is 9.99. The Bertz CT molecular complexity index is 2180. The van der Waals surface area contributed by atoms with Crippen LogP contribution in [0.25, 0.3) is 0 Å². The van der Waals surface area contributed by atoms with Gasteiger partial charge in [-0.25, -0.2) is 9.13 Å². The third kappa shape index (κ3) is 78.8. The molecule has 19 heteroatoms. The molecule has 0 aliphatic carbocycles. The second-order valence-corrected chi connectivity index (χ2v) is 35.2. The molecule has 17 nitrogen and oxygen atoms in total. The van der Waals surface area contributed by atoms with Gasteiger partial charge in [-0.05, 0) is 69.1 Å². The Kier molecular flexibility index (Phi) is 76.6. The first-order valence-corrected chi connectivity index (χ1v) is 48.2. The number of aliphatic hydroxyl groups is 1. The minimum Gasteiger partial charge on any atom is -0.462 e. The van der Waals surface area contributed by atoms with E-state index in [0.717, 1.165) is 127 Å². The van der Waals surface area contributed by atoms with E-state index < -0.39 is 97.5 Å². The van der Waals surface area contributed by atoms with E-state index >= 15 is 0 Å². The Morgan fingerprint density at radius 2 is 0.546 bits per heavy atom. The van der Waals surface area contributed by atoms with Crippen molar-refractivity contribution >= 4 is 39.5 Å². The van der Waals surface area contributed by atoms with Crippen LogP contribution in [0.15, 0.2) is 24.3 Å². The second kappa shape index (κ2) is 78.4. The number of esters is 4. The highest BCUT2D eigenvalue weighted by Gasteiger charge is 2.31. The van der Waals surface area contributed by atoms with Crippen LogP contribution in [0.2, 0.25) is 0 Å². The summed E-state index contributed by atoms with van der Waals surface area (Å²) in [6.45, 7) is 12.0. The summed E-state index contributed by atoms with van der Waals surface area (Å²) in [5, 5.41) is 10.7. The van der Waals surface area contributed by atoms with Crippen molar-refractivity contribution in [1.29, 1.82) is 0 Å². The van der Waals surface area contributed by atoms with E-state index in [9.17, 15) is 43.2 Å². The van der Waals surface area contributed by atoms with E-state index in [1.807, 2.05) is 0 Å². The van der Waals surface area contributed by atoms with Gasteiger partial charge in [-0.2, -0.15) is 0 Å². The van der Waals surface area contributed by atoms with Crippen molar-refractivity contribution in [2.75, 3.05) is 39.6 Å². The third-order valence-corrected chi connectivity index (χ3v) is 22.9. The monoisotopic (exact) mass is 1570 g/mol. The van der Waals surface area contributed by atoms with Crippen molar-refractivity contribution < 1.29 is 80.2 Å². The summed E-state index contributed by atoms with van der Waals surface area (Å²) in [7, 11) is -9.94. The standard InChI is InChI=1S/C89H170O17P2/c1-8-11-12-13-14-15-16-17-26-34-39-44-49-58-65-72-88(93)105-84(76-99-86(91)70-63-56-48-43-38-33-29-24-21-19-23-28-32-37-42-47-54-61-68-81(6)9-2)78-103-107(95,96)101-74-83(90)75-102-108(97,98)104-79-85(77-100-87(92)71-64-57-52-51-55-62-69-82(7)10-3)106-89(94)73-66-59-50-45-40-35-30-25-20-18-22-27-31-36-41-46-53-60-67-80(4)5/h15-17,26,80-85,90H,8-14,18-25,27-79H2,1-7H3,(H,95,96)(H,97,98)/b16-15-,26-17-/t81?,82?,83-,84-,85-/m1/s1. The number of phosphoric acid groups is 2. The first-order chi connectivity index (χ1) is 52.3. The average Bonchev–Trinajstić information content (AvgIpc) is 0.902. The minimum atomic E-state index is -4.98. The molecule has 7 atom stereocenters. The van der Waals surface area contributed by atoms with Crippen molar-refractivity contribution in [3.63, 3.8) is 0 Å². The maximum atomic E-state index is 13.1. The molecule has 0 saturated heterocycles. The van der Waals surface area contributed by atoms with E-state index in [1.54, 1.807) is 0 Å². The van der Waals surface area contributed by atoms with Gasteiger partial charge in [0.05, 0.1) is 26.4 Å². The summed E-state index contributed by atoms with van der Waals surface area (Å²) in [6.07, 6.45) is 73.1. The Hall–Kier alpha value is -2.46. The summed E-state index contributed by atoms with van der Waals surface area (Å²) in [6, 6.07) is 0. The van der Waals surface area contributed by atoms with Crippen LogP contribution in [-0.2, 0) is 65.4 Å². The van der Waals surface area contributed by atoms with Crippen molar-refractivity contribution in [2.45, 2.75) is 465 Å². The fourth-order valence-electron chi connectivity index (χ4n) is 13.3. The highest BCUT2D eigenvalue weighted by atomic mass is 31.2. The molecule has 0 spiro atoms. The minimum absolute atomic E-state index is 0.0855. The van der Waals surface area contributed by atoms with Gasteiger partial charge in [-0.15, -0.1) is 0 Å². The summed E-state index contributed by atoms with van der Waals surface area (Å²) < 4.78 is 68.9. The molecule has 4 unspecified atom stereocenters. The number of allylic oxidation sites excluding steroid dienone is 4. The van der Waals surface area contributed by atoms with Gasteiger partial charge < -0.3 is 33.8 Å². The maximum absolute atomic E-state index is 13.1. The smallest absolute Gasteiger partial charge is 0.462 e. The van der Waals surface area contributed by atoms with Crippen LogP contribution in [0.1, 0.15) is 447 Å². The zero-order chi connectivity index (χ0) is 79.3. The number of rotatable bonds is 85. The second-order valence-electron chi connectivity index (χ2n) is 32.3. The van der Waals surface area contributed by atoms with E-state index in [0.29, 0.717) is 25.7 Å². The molecule has 0 aliphatic rings. The molecule has 0 bridgehead atoms. The maximum Gasteiger partial charge on any atom is 0.472 e. The number of ether oxygens (including phenoxy) is 4. The van der Waals surface area contributed by atoms with Crippen LogP contribution in [0.3, 0.4) is 0 Å². The van der Waals surface area contributed by atoms with Crippen LogP contribution in [0.4, 0.5) is 0 Å². The highest BCUT2D eigenvalue weighted by Crippen LogP contribution is 2.45. The summed E-state index contributed by atoms with van der Waals surface area (Å²) in [5.41, 5.74) is 0. The number of phosphoric ester groups is 2. The van der Waals surface area contributed by atoms with Gasteiger partial charge in [0.1, 0.15) is 19.3 Å². The van der Waals surface area contributed by atoms with Crippen LogP contribution >= 0.6 is 15.6 Å². The van der Waals surface area contributed by atoms with Crippen molar-refractivity contribution in [1.82, 2.24) is 0 Å². The van der Waals surface area contributed by atoms with Crippen LogP contribution in [-0.4, -0.2) is 96.7 Å². The molecule has 0 aliphatic heterocycles. The number of hydrogen-bond acceptors (Lipinski definition) is 15. The van der Waals surface area contributed by atoms with Gasteiger partial charge in [0, 0.05) is 25.7 Å². The zero-order valence-corrected chi connectivity index (χ0v) is 72.6. The predicted molar refractivity (Wildman–Crippen MR) is 446 cm³/mol.